The van der Waals surface area contributed by atoms with Crippen LogP contribution in [0.3, 0.4) is 0 Å². The normalized spacial score (nSPS) is 17.1. The summed E-state index contributed by atoms with van der Waals surface area (Å²) in [7, 11) is 0. The summed E-state index contributed by atoms with van der Waals surface area (Å²) in [6.45, 7) is 0.944. The first-order valence-corrected chi connectivity index (χ1v) is 7.12. The third-order valence-corrected chi connectivity index (χ3v) is 3.99. The largest absolute Gasteiger partial charge is 0.508 e. The van der Waals surface area contributed by atoms with Gasteiger partial charge in [0.2, 0.25) is 0 Å². The molecule has 2 aromatic rings. The molecule has 0 radical (unpaired) electrons. The maximum Gasteiger partial charge on any atom is 0.115 e. The predicted molar refractivity (Wildman–Crippen MR) is 81.7 cm³/mol. The highest BCUT2D eigenvalue weighted by Crippen LogP contribution is 2.32. The van der Waals surface area contributed by atoms with Crippen LogP contribution in [0, 0.1) is 0 Å². The summed E-state index contributed by atoms with van der Waals surface area (Å²) in [5.74, 6) is 0.323. The molecular formula is C17H20N2O. The molecule has 0 aliphatic heterocycles. The van der Waals surface area contributed by atoms with Gasteiger partial charge in [-0.3, -0.25) is 0 Å². The molecule has 4 N–H and O–H groups in total. The van der Waals surface area contributed by atoms with E-state index in [4.69, 9.17) is 5.73 Å². The Labute approximate surface area is 119 Å². The van der Waals surface area contributed by atoms with Crippen molar-refractivity contribution in [3.63, 3.8) is 0 Å². The predicted octanol–water partition coefficient (Wildman–Crippen LogP) is 2.79. The highest BCUT2D eigenvalue weighted by molar-refractivity contribution is 5.47. The minimum atomic E-state index is 0.323. The van der Waals surface area contributed by atoms with Crippen molar-refractivity contribution < 1.29 is 5.11 Å². The molecule has 20 heavy (non-hydrogen) atoms. The van der Waals surface area contributed by atoms with Crippen LogP contribution < -0.4 is 11.1 Å². The Balaban J connectivity index is 1.57. The van der Waals surface area contributed by atoms with E-state index < -0.39 is 0 Å². The summed E-state index contributed by atoms with van der Waals surface area (Å²) >= 11 is 0. The summed E-state index contributed by atoms with van der Waals surface area (Å²) in [5.41, 5.74) is 10.7. The number of hydrogen-bond acceptors (Lipinski definition) is 3. The van der Waals surface area contributed by atoms with Crippen molar-refractivity contribution in [3.05, 3.63) is 59.2 Å². The van der Waals surface area contributed by atoms with E-state index in [9.17, 15) is 5.11 Å². The minimum Gasteiger partial charge on any atom is -0.508 e. The number of rotatable bonds is 4. The lowest BCUT2D eigenvalue weighted by Gasteiger charge is -2.14. The Morgan fingerprint density at radius 1 is 1.15 bits per heavy atom. The summed E-state index contributed by atoms with van der Waals surface area (Å²) in [4.78, 5) is 0. The number of hydrogen-bond donors (Lipinski definition) is 3. The summed E-state index contributed by atoms with van der Waals surface area (Å²) in [6.07, 6.45) is 3.23. The zero-order chi connectivity index (χ0) is 13.9. The van der Waals surface area contributed by atoms with Crippen molar-refractivity contribution in [2.75, 3.05) is 12.3 Å². The second kappa shape index (κ2) is 5.55. The second-order valence-corrected chi connectivity index (χ2v) is 5.42. The van der Waals surface area contributed by atoms with Crippen LogP contribution in [0.4, 0.5) is 5.69 Å². The van der Waals surface area contributed by atoms with Gasteiger partial charge in [0.05, 0.1) is 0 Å². The topological polar surface area (TPSA) is 58.3 Å². The molecule has 3 heteroatoms. The maximum atomic E-state index is 9.26. The Morgan fingerprint density at radius 2 is 1.95 bits per heavy atom. The van der Waals surface area contributed by atoms with Gasteiger partial charge in [-0.05, 0) is 66.8 Å². The lowest BCUT2D eigenvalue weighted by Crippen LogP contribution is -2.21. The molecule has 0 bridgehead atoms. The number of aryl methyl sites for hydroxylation is 1. The van der Waals surface area contributed by atoms with Crippen molar-refractivity contribution in [1.29, 1.82) is 0 Å². The second-order valence-electron chi connectivity index (χ2n) is 5.42. The van der Waals surface area contributed by atoms with E-state index in [1.165, 1.54) is 16.7 Å². The van der Waals surface area contributed by atoms with Gasteiger partial charge in [-0.25, -0.2) is 0 Å². The molecule has 0 aromatic heterocycles. The van der Waals surface area contributed by atoms with Gasteiger partial charge in [-0.2, -0.15) is 0 Å². The number of nitrogens with one attached hydrogen (secondary N) is 1. The Morgan fingerprint density at radius 3 is 2.75 bits per heavy atom. The fourth-order valence-electron chi connectivity index (χ4n) is 2.90. The fourth-order valence-corrected chi connectivity index (χ4v) is 2.90. The number of anilines is 1. The first kappa shape index (κ1) is 13.0. The molecule has 3 rings (SSSR count). The number of fused-ring (bicyclic) bond motifs is 1. The average molecular weight is 268 g/mol. The highest BCUT2D eigenvalue weighted by Gasteiger charge is 2.21. The van der Waals surface area contributed by atoms with E-state index >= 15 is 0 Å². The van der Waals surface area contributed by atoms with Crippen LogP contribution in [0.25, 0.3) is 0 Å². The lowest BCUT2D eigenvalue weighted by molar-refractivity contribution is 0.475. The van der Waals surface area contributed by atoms with Gasteiger partial charge in [0, 0.05) is 11.7 Å². The van der Waals surface area contributed by atoms with Crippen LogP contribution in [0.15, 0.2) is 42.5 Å². The SMILES string of the molecule is Nc1ccc2c(c1)CCC2NCCc1ccc(O)cc1. The first-order valence-electron chi connectivity index (χ1n) is 7.12. The molecule has 3 nitrogen and oxygen atoms in total. The van der Waals surface area contributed by atoms with Gasteiger partial charge < -0.3 is 16.2 Å². The molecule has 1 aliphatic rings. The van der Waals surface area contributed by atoms with E-state index in [-0.39, 0.29) is 0 Å². The van der Waals surface area contributed by atoms with E-state index in [0.29, 0.717) is 11.8 Å². The van der Waals surface area contributed by atoms with Crippen LogP contribution in [0.1, 0.15) is 29.2 Å². The third-order valence-electron chi connectivity index (χ3n) is 3.99. The molecule has 0 spiro atoms. The van der Waals surface area contributed by atoms with Crippen molar-refractivity contribution in [1.82, 2.24) is 5.32 Å². The van der Waals surface area contributed by atoms with Crippen molar-refractivity contribution in [2.45, 2.75) is 25.3 Å². The van der Waals surface area contributed by atoms with Crippen molar-refractivity contribution >= 4 is 5.69 Å². The smallest absolute Gasteiger partial charge is 0.115 e. The molecular weight excluding hydrogens is 248 g/mol. The molecule has 104 valence electrons. The molecule has 0 amide bonds. The van der Waals surface area contributed by atoms with Crippen molar-refractivity contribution in [2.24, 2.45) is 0 Å². The Hall–Kier alpha value is -2.00. The van der Waals surface area contributed by atoms with Crippen molar-refractivity contribution in [3.8, 4) is 5.75 Å². The fraction of sp³-hybridized carbons (Fsp3) is 0.294. The molecule has 0 heterocycles. The van der Waals surface area contributed by atoms with E-state index in [2.05, 4.69) is 17.4 Å². The van der Waals surface area contributed by atoms with Crippen LogP contribution in [-0.2, 0) is 12.8 Å². The zero-order valence-electron chi connectivity index (χ0n) is 11.5. The van der Waals surface area contributed by atoms with Crippen LogP contribution in [-0.4, -0.2) is 11.7 Å². The van der Waals surface area contributed by atoms with E-state index in [1.54, 1.807) is 12.1 Å². The van der Waals surface area contributed by atoms with Gasteiger partial charge >= 0.3 is 0 Å². The molecule has 2 aromatic carbocycles. The standard InChI is InChI=1S/C17H20N2O/c18-14-4-7-16-13(11-14)3-8-17(16)19-10-9-12-1-5-15(20)6-2-12/h1-2,4-7,11,17,19-20H,3,8-10,18H2. The number of nitrogens with two attached hydrogens (primary N) is 1. The quantitative estimate of drug-likeness (QED) is 0.747. The molecule has 1 unspecified atom stereocenters. The van der Waals surface area contributed by atoms with Gasteiger partial charge in [-0.15, -0.1) is 0 Å². The number of phenols is 1. The highest BCUT2D eigenvalue weighted by atomic mass is 16.3. The van der Waals surface area contributed by atoms with Gasteiger partial charge in [-0.1, -0.05) is 18.2 Å². The minimum absolute atomic E-state index is 0.323. The van der Waals surface area contributed by atoms with E-state index in [1.807, 2.05) is 18.2 Å². The van der Waals surface area contributed by atoms with Gasteiger partial charge in [0.15, 0.2) is 0 Å². The van der Waals surface area contributed by atoms with Gasteiger partial charge in [0.1, 0.15) is 5.75 Å². The summed E-state index contributed by atoms with van der Waals surface area (Å²) in [6, 6.07) is 14.1. The molecule has 1 atom stereocenters. The van der Waals surface area contributed by atoms with Crippen LogP contribution >= 0.6 is 0 Å². The Bertz CT molecular complexity index is 592. The van der Waals surface area contributed by atoms with Crippen LogP contribution in [0.5, 0.6) is 5.75 Å². The van der Waals surface area contributed by atoms with E-state index in [0.717, 1.165) is 31.5 Å². The molecule has 0 saturated carbocycles. The summed E-state index contributed by atoms with van der Waals surface area (Å²) in [5, 5.41) is 12.9. The Kier molecular flexibility index (Phi) is 3.61. The number of aromatic hydroxyl groups is 1. The monoisotopic (exact) mass is 268 g/mol. The third kappa shape index (κ3) is 2.78. The number of nitrogen functional groups attached to an aromatic ring is 1. The lowest BCUT2D eigenvalue weighted by atomic mass is 10.1. The first-order chi connectivity index (χ1) is 9.72. The molecule has 1 aliphatic carbocycles. The maximum absolute atomic E-state index is 9.26. The molecule has 0 fully saturated rings. The van der Waals surface area contributed by atoms with Crippen LogP contribution in [0.2, 0.25) is 0 Å². The van der Waals surface area contributed by atoms with Gasteiger partial charge in [0.25, 0.3) is 0 Å². The number of benzene rings is 2. The molecule has 0 saturated heterocycles. The number of phenolic OH excluding ortho intramolecular Hbond substituents is 1. The average Bonchev–Trinajstić information content (AvgIpc) is 2.83. The summed E-state index contributed by atoms with van der Waals surface area (Å²) < 4.78 is 0. The zero-order valence-corrected chi connectivity index (χ0v) is 11.5.